The molecule has 6 heteroatoms. The minimum Gasteiger partial charge on any atom is -0.344 e. The van der Waals surface area contributed by atoms with Crippen molar-refractivity contribution in [3.63, 3.8) is 0 Å². The Morgan fingerprint density at radius 3 is 2.13 bits per heavy atom. The number of carbonyl (C=O) groups excluding carboxylic acids is 1. The van der Waals surface area contributed by atoms with Crippen molar-refractivity contribution < 1.29 is 13.2 Å². The molecule has 31 heavy (non-hydrogen) atoms. The van der Waals surface area contributed by atoms with E-state index in [9.17, 15) is 13.2 Å². The molecule has 0 saturated heterocycles. The number of aryl methyl sites for hydroxylation is 2. The average Bonchev–Trinajstić information content (AvgIpc) is 2.74. The third-order valence-corrected chi connectivity index (χ3v) is 6.40. The third kappa shape index (κ3) is 6.26. The number of nitrogens with zero attached hydrogens (tertiary/aromatic N) is 1. The summed E-state index contributed by atoms with van der Waals surface area (Å²) in [5.74, 6) is -0.352. The minimum atomic E-state index is -3.57. The van der Waals surface area contributed by atoms with Crippen molar-refractivity contribution in [2.75, 3.05) is 12.8 Å². The number of amides is 1. The molecule has 0 aliphatic rings. The van der Waals surface area contributed by atoms with Gasteiger partial charge in [-0.25, -0.2) is 8.42 Å². The van der Waals surface area contributed by atoms with Gasteiger partial charge in [0.05, 0.1) is 18.8 Å². The van der Waals surface area contributed by atoms with Gasteiger partial charge in [0.2, 0.25) is 15.9 Å². The van der Waals surface area contributed by atoms with Crippen LogP contribution in [0.2, 0.25) is 0 Å². The zero-order valence-electron chi connectivity index (χ0n) is 18.1. The van der Waals surface area contributed by atoms with Gasteiger partial charge in [-0.15, -0.1) is 0 Å². The van der Waals surface area contributed by atoms with Crippen LogP contribution < -0.4 is 5.32 Å². The third-order valence-electron chi connectivity index (χ3n) is 5.21. The zero-order chi connectivity index (χ0) is 22.4. The molecule has 5 nitrogen and oxygen atoms in total. The van der Waals surface area contributed by atoms with Crippen molar-refractivity contribution >= 4 is 15.9 Å². The molecule has 0 saturated carbocycles. The highest BCUT2D eigenvalue weighted by Crippen LogP contribution is 2.25. The summed E-state index contributed by atoms with van der Waals surface area (Å²) in [6.07, 6.45) is 1.13. The summed E-state index contributed by atoms with van der Waals surface area (Å²) in [6, 6.07) is 24.8. The molecule has 0 aliphatic heterocycles. The fourth-order valence-corrected chi connectivity index (χ4v) is 4.19. The number of nitrogens with one attached hydrogen (secondary N) is 1. The van der Waals surface area contributed by atoms with E-state index in [4.69, 9.17) is 0 Å². The lowest BCUT2D eigenvalue weighted by Gasteiger charge is -2.24. The average molecular weight is 437 g/mol. The Balaban J connectivity index is 1.83. The highest BCUT2D eigenvalue weighted by Gasteiger charge is 2.24. The first-order valence-corrected chi connectivity index (χ1v) is 12.0. The van der Waals surface area contributed by atoms with E-state index in [0.29, 0.717) is 0 Å². The quantitative estimate of drug-likeness (QED) is 0.581. The molecule has 1 unspecified atom stereocenters. The minimum absolute atomic E-state index is 0.146. The van der Waals surface area contributed by atoms with Crippen LogP contribution in [0.25, 0.3) is 0 Å². The monoisotopic (exact) mass is 436 g/mol. The Morgan fingerprint density at radius 1 is 0.903 bits per heavy atom. The predicted molar refractivity (Wildman–Crippen MR) is 124 cm³/mol. The van der Waals surface area contributed by atoms with Gasteiger partial charge in [-0.05, 0) is 36.1 Å². The molecule has 0 heterocycles. The largest absolute Gasteiger partial charge is 0.344 e. The van der Waals surface area contributed by atoms with Crippen LogP contribution in [0, 0.1) is 13.8 Å². The van der Waals surface area contributed by atoms with Crippen molar-refractivity contribution in [3.8, 4) is 0 Å². The smallest absolute Gasteiger partial charge is 0.236 e. The molecular formula is C25H28N2O3S. The highest BCUT2D eigenvalue weighted by atomic mass is 32.2. The van der Waals surface area contributed by atoms with E-state index in [1.807, 2.05) is 92.7 Å². The number of benzene rings is 3. The maximum atomic E-state index is 13.0. The summed E-state index contributed by atoms with van der Waals surface area (Å²) >= 11 is 0. The molecule has 1 amide bonds. The lowest BCUT2D eigenvalue weighted by atomic mass is 9.95. The Kier molecular flexibility index (Phi) is 7.25. The van der Waals surface area contributed by atoms with Gasteiger partial charge in [0.25, 0.3) is 0 Å². The van der Waals surface area contributed by atoms with Gasteiger partial charge in [-0.2, -0.15) is 4.31 Å². The maximum absolute atomic E-state index is 13.0. The Bertz CT molecular complexity index is 1130. The van der Waals surface area contributed by atoms with E-state index in [1.54, 1.807) is 0 Å². The molecule has 3 aromatic carbocycles. The van der Waals surface area contributed by atoms with Crippen LogP contribution in [0.15, 0.2) is 78.9 Å². The number of hydrogen-bond acceptors (Lipinski definition) is 3. The summed E-state index contributed by atoms with van der Waals surface area (Å²) in [5.41, 5.74) is 4.90. The Morgan fingerprint density at radius 2 is 1.52 bits per heavy atom. The second kappa shape index (κ2) is 9.90. The van der Waals surface area contributed by atoms with E-state index in [-0.39, 0.29) is 25.0 Å². The first kappa shape index (κ1) is 22.7. The molecule has 0 radical (unpaired) electrons. The van der Waals surface area contributed by atoms with Crippen molar-refractivity contribution in [2.24, 2.45) is 0 Å². The standard InChI is InChI=1S/C25H28N2O3S/c1-19-13-15-21(16-14-19)17-27(31(3,29)30)18-24(28)26-25(22-10-5-4-6-11-22)23-12-8-7-9-20(23)2/h4-16,25H,17-18H2,1-3H3,(H,26,28). The molecule has 162 valence electrons. The van der Waals surface area contributed by atoms with Crippen LogP contribution in [-0.4, -0.2) is 31.4 Å². The van der Waals surface area contributed by atoms with E-state index in [2.05, 4.69) is 5.32 Å². The van der Waals surface area contributed by atoms with Crippen molar-refractivity contribution in [2.45, 2.75) is 26.4 Å². The van der Waals surface area contributed by atoms with Crippen LogP contribution in [-0.2, 0) is 21.4 Å². The number of sulfonamides is 1. The van der Waals surface area contributed by atoms with Gasteiger partial charge in [0.15, 0.2) is 0 Å². The zero-order valence-corrected chi connectivity index (χ0v) is 18.9. The SMILES string of the molecule is Cc1ccc(CN(CC(=O)NC(c2ccccc2)c2ccccc2C)S(C)(=O)=O)cc1. The predicted octanol–water partition coefficient (Wildman–Crippen LogP) is 3.97. The molecule has 0 fully saturated rings. The van der Waals surface area contributed by atoms with E-state index < -0.39 is 10.0 Å². The van der Waals surface area contributed by atoms with Crippen molar-refractivity contribution in [1.82, 2.24) is 9.62 Å². The lowest BCUT2D eigenvalue weighted by Crippen LogP contribution is -2.41. The molecule has 0 bridgehead atoms. The Labute approximate surface area is 184 Å². The molecule has 1 N–H and O–H groups in total. The molecule has 0 aliphatic carbocycles. The second-order valence-corrected chi connectivity index (χ2v) is 9.77. The summed E-state index contributed by atoms with van der Waals surface area (Å²) in [4.78, 5) is 13.0. The summed E-state index contributed by atoms with van der Waals surface area (Å²) in [6.45, 7) is 3.87. The molecular weight excluding hydrogens is 408 g/mol. The van der Waals surface area contributed by atoms with E-state index in [1.165, 1.54) is 4.31 Å². The van der Waals surface area contributed by atoms with E-state index in [0.717, 1.165) is 34.1 Å². The van der Waals surface area contributed by atoms with Gasteiger partial charge < -0.3 is 5.32 Å². The van der Waals surface area contributed by atoms with Crippen LogP contribution in [0.1, 0.15) is 33.9 Å². The first-order valence-electron chi connectivity index (χ1n) is 10.1. The normalized spacial score (nSPS) is 12.5. The van der Waals surface area contributed by atoms with Crippen molar-refractivity contribution in [3.05, 3.63) is 107 Å². The van der Waals surface area contributed by atoms with Gasteiger partial charge in [0.1, 0.15) is 0 Å². The van der Waals surface area contributed by atoms with Gasteiger partial charge in [0, 0.05) is 6.54 Å². The molecule has 3 rings (SSSR count). The van der Waals surface area contributed by atoms with Crippen molar-refractivity contribution in [1.29, 1.82) is 0 Å². The molecule has 0 aromatic heterocycles. The number of carbonyl (C=O) groups is 1. The second-order valence-electron chi connectivity index (χ2n) is 7.78. The lowest BCUT2D eigenvalue weighted by molar-refractivity contribution is -0.121. The van der Waals surface area contributed by atoms with Crippen LogP contribution in [0.4, 0.5) is 0 Å². The maximum Gasteiger partial charge on any atom is 0.236 e. The van der Waals surface area contributed by atoms with Crippen LogP contribution in [0.5, 0.6) is 0 Å². The highest BCUT2D eigenvalue weighted by molar-refractivity contribution is 7.88. The van der Waals surface area contributed by atoms with Gasteiger partial charge in [-0.1, -0.05) is 84.4 Å². The number of rotatable bonds is 8. The Hall–Kier alpha value is -2.96. The fraction of sp³-hybridized carbons (Fsp3) is 0.240. The van der Waals surface area contributed by atoms with Crippen LogP contribution in [0.3, 0.4) is 0 Å². The van der Waals surface area contributed by atoms with Gasteiger partial charge >= 0.3 is 0 Å². The number of hydrogen-bond donors (Lipinski definition) is 1. The summed E-state index contributed by atoms with van der Waals surface area (Å²) in [7, 11) is -3.57. The van der Waals surface area contributed by atoms with E-state index >= 15 is 0 Å². The summed E-state index contributed by atoms with van der Waals surface area (Å²) in [5, 5.41) is 3.04. The summed E-state index contributed by atoms with van der Waals surface area (Å²) < 4.78 is 25.9. The van der Waals surface area contributed by atoms with Gasteiger partial charge in [-0.3, -0.25) is 4.79 Å². The first-order chi connectivity index (χ1) is 14.7. The molecule has 1 atom stereocenters. The molecule has 0 spiro atoms. The van der Waals surface area contributed by atoms with Crippen LogP contribution >= 0.6 is 0 Å². The molecule has 3 aromatic rings. The topological polar surface area (TPSA) is 66.5 Å². The fourth-order valence-electron chi connectivity index (χ4n) is 3.45.